The molecule has 0 spiro atoms. The molecule has 0 saturated heterocycles. The Balaban J connectivity index is 3.77. The summed E-state index contributed by atoms with van der Waals surface area (Å²) in [6.45, 7) is 5.72. The molecule has 0 aliphatic rings. The normalized spacial score (nSPS) is 12.1. The first kappa shape index (κ1) is 12.7. The third kappa shape index (κ3) is 5.40. The zero-order chi connectivity index (χ0) is 11.1. The minimum Gasteiger partial charge on any atom is -0.467 e. The Morgan fingerprint density at radius 3 is 2.29 bits per heavy atom. The van der Waals surface area contributed by atoms with Gasteiger partial charge in [0.25, 0.3) is 0 Å². The van der Waals surface area contributed by atoms with Crippen LogP contribution in [0.5, 0.6) is 0 Å². The van der Waals surface area contributed by atoms with Gasteiger partial charge in [0.2, 0.25) is 0 Å². The molecule has 82 valence electrons. The molecule has 0 aromatic rings. The van der Waals surface area contributed by atoms with Crippen LogP contribution in [0, 0.1) is 5.92 Å². The van der Waals surface area contributed by atoms with E-state index in [9.17, 15) is 9.59 Å². The molecular weight excluding hydrogens is 186 g/mol. The number of amides is 1. The van der Waals surface area contributed by atoms with Crippen LogP contribution in [0.25, 0.3) is 0 Å². The van der Waals surface area contributed by atoms with Crippen LogP contribution in [0.1, 0.15) is 20.8 Å². The monoisotopic (exact) mass is 203 g/mol. The van der Waals surface area contributed by atoms with Gasteiger partial charge in [-0.1, -0.05) is 13.8 Å². The number of nitrogens with one attached hydrogen (secondary N) is 1. The highest BCUT2D eigenvalue weighted by molar-refractivity contribution is 5.80. The SMILES string of the molecule is COC(=O)C(C)NC(=O)OCC(C)C. The molecule has 0 saturated carbocycles. The van der Waals surface area contributed by atoms with Crippen LogP contribution in [0.4, 0.5) is 4.79 Å². The summed E-state index contributed by atoms with van der Waals surface area (Å²) in [6.07, 6.45) is -0.600. The van der Waals surface area contributed by atoms with Gasteiger partial charge in [0, 0.05) is 0 Å². The van der Waals surface area contributed by atoms with Gasteiger partial charge in [0.15, 0.2) is 0 Å². The highest BCUT2D eigenvalue weighted by Gasteiger charge is 2.16. The Bertz CT molecular complexity index is 203. The van der Waals surface area contributed by atoms with Crippen molar-refractivity contribution in [2.75, 3.05) is 13.7 Å². The van der Waals surface area contributed by atoms with Crippen molar-refractivity contribution < 1.29 is 19.1 Å². The molecule has 5 nitrogen and oxygen atoms in total. The summed E-state index contributed by atoms with van der Waals surface area (Å²) in [5, 5.41) is 2.35. The topological polar surface area (TPSA) is 64.6 Å². The van der Waals surface area contributed by atoms with Crippen molar-refractivity contribution in [1.82, 2.24) is 5.32 Å². The van der Waals surface area contributed by atoms with Gasteiger partial charge in [0.05, 0.1) is 13.7 Å². The van der Waals surface area contributed by atoms with E-state index in [1.165, 1.54) is 14.0 Å². The van der Waals surface area contributed by atoms with Gasteiger partial charge in [-0.25, -0.2) is 9.59 Å². The second-order valence-electron chi connectivity index (χ2n) is 3.38. The summed E-state index contributed by atoms with van der Waals surface area (Å²) in [7, 11) is 1.26. The molecular formula is C9H17NO4. The maximum Gasteiger partial charge on any atom is 0.407 e. The maximum absolute atomic E-state index is 11.0. The van der Waals surface area contributed by atoms with E-state index in [4.69, 9.17) is 4.74 Å². The number of alkyl carbamates (subject to hydrolysis) is 1. The minimum absolute atomic E-state index is 0.272. The van der Waals surface area contributed by atoms with Crippen LogP contribution in [-0.4, -0.2) is 31.8 Å². The first-order valence-corrected chi connectivity index (χ1v) is 4.48. The number of hydrogen-bond acceptors (Lipinski definition) is 4. The predicted octanol–water partition coefficient (Wildman–Crippen LogP) is 0.930. The van der Waals surface area contributed by atoms with E-state index in [0.717, 1.165) is 0 Å². The lowest BCUT2D eigenvalue weighted by Crippen LogP contribution is -2.39. The lowest BCUT2D eigenvalue weighted by atomic mass is 10.2. The number of hydrogen-bond donors (Lipinski definition) is 1. The van der Waals surface area contributed by atoms with E-state index >= 15 is 0 Å². The predicted molar refractivity (Wildman–Crippen MR) is 50.8 cm³/mol. The number of ether oxygens (including phenoxy) is 2. The third-order valence-electron chi connectivity index (χ3n) is 1.44. The molecule has 0 aliphatic heterocycles. The van der Waals surface area contributed by atoms with Crippen LogP contribution < -0.4 is 5.32 Å². The van der Waals surface area contributed by atoms with Crippen molar-refractivity contribution in [3.05, 3.63) is 0 Å². The average Bonchev–Trinajstić information content (AvgIpc) is 2.13. The standard InChI is InChI=1S/C9H17NO4/c1-6(2)5-14-9(12)10-7(3)8(11)13-4/h6-7H,5H2,1-4H3,(H,10,12). The van der Waals surface area contributed by atoms with E-state index in [1.807, 2.05) is 13.8 Å². The quantitative estimate of drug-likeness (QED) is 0.690. The summed E-state index contributed by atoms with van der Waals surface area (Å²) in [5.74, 6) is -0.222. The molecule has 14 heavy (non-hydrogen) atoms. The molecule has 1 amide bonds. The fourth-order valence-corrected chi connectivity index (χ4v) is 0.696. The van der Waals surface area contributed by atoms with E-state index in [0.29, 0.717) is 6.61 Å². The molecule has 1 N–H and O–H groups in total. The van der Waals surface area contributed by atoms with Crippen molar-refractivity contribution in [1.29, 1.82) is 0 Å². The van der Waals surface area contributed by atoms with Crippen LogP contribution in [-0.2, 0) is 14.3 Å². The third-order valence-corrected chi connectivity index (χ3v) is 1.44. The molecule has 0 aromatic carbocycles. The Labute approximate surface area is 83.8 Å². The minimum atomic E-state index is -0.681. The average molecular weight is 203 g/mol. The molecule has 0 fully saturated rings. The van der Waals surface area contributed by atoms with Gasteiger partial charge in [-0.2, -0.15) is 0 Å². The molecule has 0 aromatic heterocycles. The summed E-state index contributed by atoms with van der Waals surface area (Å²) < 4.78 is 9.24. The summed E-state index contributed by atoms with van der Waals surface area (Å²) >= 11 is 0. The molecule has 0 radical (unpaired) electrons. The molecule has 1 atom stereocenters. The summed E-state index contributed by atoms with van der Waals surface area (Å²) in [4.78, 5) is 21.9. The second kappa shape index (κ2) is 6.23. The molecule has 0 aliphatic carbocycles. The lowest BCUT2D eigenvalue weighted by molar-refractivity contribution is -0.142. The number of rotatable bonds is 4. The largest absolute Gasteiger partial charge is 0.467 e. The van der Waals surface area contributed by atoms with Crippen LogP contribution in [0.15, 0.2) is 0 Å². The molecule has 0 bridgehead atoms. The summed E-state index contributed by atoms with van der Waals surface area (Å²) in [5.41, 5.74) is 0. The maximum atomic E-state index is 11.0. The fourth-order valence-electron chi connectivity index (χ4n) is 0.696. The van der Waals surface area contributed by atoms with Gasteiger partial charge in [-0.3, -0.25) is 0 Å². The number of carbonyl (C=O) groups is 2. The fraction of sp³-hybridized carbons (Fsp3) is 0.778. The summed E-state index contributed by atoms with van der Waals surface area (Å²) in [6, 6.07) is -0.681. The Kier molecular flexibility index (Phi) is 5.67. The van der Waals surface area contributed by atoms with Crippen molar-refractivity contribution in [3.8, 4) is 0 Å². The van der Waals surface area contributed by atoms with E-state index < -0.39 is 18.1 Å². The van der Waals surface area contributed by atoms with Gasteiger partial charge in [-0.15, -0.1) is 0 Å². The van der Waals surface area contributed by atoms with E-state index in [-0.39, 0.29) is 5.92 Å². The van der Waals surface area contributed by atoms with Gasteiger partial charge in [0.1, 0.15) is 6.04 Å². The zero-order valence-electron chi connectivity index (χ0n) is 8.99. The smallest absolute Gasteiger partial charge is 0.407 e. The molecule has 5 heteroatoms. The Morgan fingerprint density at radius 1 is 1.29 bits per heavy atom. The van der Waals surface area contributed by atoms with Gasteiger partial charge >= 0.3 is 12.1 Å². The lowest BCUT2D eigenvalue weighted by Gasteiger charge is -2.12. The first-order valence-electron chi connectivity index (χ1n) is 4.48. The van der Waals surface area contributed by atoms with Crippen molar-refractivity contribution in [3.63, 3.8) is 0 Å². The molecule has 0 heterocycles. The first-order chi connectivity index (χ1) is 6.47. The highest BCUT2D eigenvalue weighted by atomic mass is 16.6. The van der Waals surface area contributed by atoms with Crippen molar-refractivity contribution in [2.45, 2.75) is 26.8 Å². The Hall–Kier alpha value is -1.26. The van der Waals surface area contributed by atoms with Crippen molar-refractivity contribution >= 4 is 12.1 Å². The van der Waals surface area contributed by atoms with Gasteiger partial charge in [-0.05, 0) is 12.8 Å². The highest BCUT2D eigenvalue weighted by Crippen LogP contribution is 1.94. The van der Waals surface area contributed by atoms with E-state index in [2.05, 4.69) is 10.1 Å². The van der Waals surface area contributed by atoms with Gasteiger partial charge < -0.3 is 14.8 Å². The molecule has 0 rings (SSSR count). The number of methoxy groups -OCH3 is 1. The number of esters is 1. The van der Waals surface area contributed by atoms with Crippen LogP contribution >= 0.6 is 0 Å². The van der Waals surface area contributed by atoms with Crippen LogP contribution in [0.2, 0.25) is 0 Å². The van der Waals surface area contributed by atoms with Crippen LogP contribution in [0.3, 0.4) is 0 Å². The second-order valence-corrected chi connectivity index (χ2v) is 3.38. The molecule has 1 unspecified atom stereocenters. The zero-order valence-corrected chi connectivity index (χ0v) is 8.99. The van der Waals surface area contributed by atoms with Crippen molar-refractivity contribution in [2.24, 2.45) is 5.92 Å². The Morgan fingerprint density at radius 2 is 1.86 bits per heavy atom. The van der Waals surface area contributed by atoms with E-state index in [1.54, 1.807) is 0 Å². The number of carbonyl (C=O) groups excluding carboxylic acids is 2.